The van der Waals surface area contributed by atoms with E-state index in [-0.39, 0.29) is 5.41 Å². The second-order valence-electron chi connectivity index (χ2n) is 5.12. The first-order valence-corrected chi connectivity index (χ1v) is 6.04. The molecule has 0 saturated carbocycles. The smallest absolute Gasteiger partial charge is 0.422 e. The molecule has 16 heavy (non-hydrogen) atoms. The number of hydrogen-bond acceptors (Lipinski definition) is 2. The first-order valence-electron chi connectivity index (χ1n) is 5.30. The van der Waals surface area contributed by atoms with Gasteiger partial charge in [0.05, 0.1) is 0 Å². The Hall–Kier alpha value is -0.320. The molecule has 1 unspecified atom stereocenters. The predicted molar refractivity (Wildman–Crippen MR) is 59.6 cm³/mol. The monoisotopic (exact) mass is 254 g/mol. The highest BCUT2D eigenvalue weighted by Crippen LogP contribution is 2.40. The third-order valence-electron chi connectivity index (χ3n) is 2.84. The fraction of sp³-hybridized carbons (Fsp3) is 0.818. The van der Waals surface area contributed by atoms with E-state index in [1.165, 1.54) is 0 Å². The van der Waals surface area contributed by atoms with E-state index in [2.05, 4.69) is 25.0 Å². The van der Waals surface area contributed by atoms with Crippen LogP contribution >= 0.6 is 12.0 Å². The van der Waals surface area contributed by atoms with Crippen LogP contribution in [-0.2, 0) is 4.18 Å². The van der Waals surface area contributed by atoms with E-state index < -0.39 is 17.6 Å². The first-order chi connectivity index (χ1) is 7.18. The van der Waals surface area contributed by atoms with E-state index >= 15 is 0 Å². The van der Waals surface area contributed by atoms with Crippen molar-refractivity contribution < 1.29 is 17.4 Å². The van der Waals surface area contributed by atoms with Crippen molar-refractivity contribution in [3.05, 3.63) is 11.8 Å². The molecule has 0 aromatic carbocycles. The lowest BCUT2D eigenvalue weighted by molar-refractivity contribution is -0.0386. The summed E-state index contributed by atoms with van der Waals surface area (Å²) in [5.41, 5.74) is -4.11. The van der Waals surface area contributed by atoms with Gasteiger partial charge in [0, 0.05) is 6.42 Å². The predicted octanol–water partition coefficient (Wildman–Crippen LogP) is 4.90. The molecule has 5 heteroatoms. The third kappa shape index (κ3) is 4.68. The molecule has 0 saturated heterocycles. The molecule has 0 bridgehead atoms. The SMILES string of the molecule is CC(C)(C)C1CC=C(OSC(F)(F)F)CC1. The standard InChI is InChI=1S/C11H17F3OS/c1-10(2,3)8-4-6-9(7-5-8)15-16-11(12,13)14/h6,8H,4-5,7H2,1-3H3. The zero-order chi connectivity index (χ0) is 12.4. The summed E-state index contributed by atoms with van der Waals surface area (Å²) in [6, 6.07) is 0. The van der Waals surface area contributed by atoms with E-state index in [1.54, 1.807) is 6.08 Å². The Bertz CT molecular complexity index is 265. The molecule has 1 rings (SSSR count). The van der Waals surface area contributed by atoms with Crippen LogP contribution in [0.1, 0.15) is 40.0 Å². The van der Waals surface area contributed by atoms with Crippen LogP contribution in [0.25, 0.3) is 0 Å². The lowest BCUT2D eigenvalue weighted by atomic mass is 9.74. The largest absolute Gasteiger partial charge is 0.479 e. The Morgan fingerprint density at radius 1 is 1.31 bits per heavy atom. The van der Waals surface area contributed by atoms with Gasteiger partial charge in [0.1, 0.15) is 5.76 Å². The summed E-state index contributed by atoms with van der Waals surface area (Å²) in [5, 5.41) is 0. The Labute approximate surface area is 98.6 Å². The maximum atomic E-state index is 11.9. The zero-order valence-corrected chi connectivity index (χ0v) is 10.5. The van der Waals surface area contributed by atoms with Crippen LogP contribution in [-0.4, -0.2) is 5.51 Å². The van der Waals surface area contributed by atoms with Crippen LogP contribution in [0.15, 0.2) is 11.8 Å². The van der Waals surface area contributed by atoms with Gasteiger partial charge in [-0.3, -0.25) is 0 Å². The second kappa shape index (κ2) is 4.90. The van der Waals surface area contributed by atoms with Gasteiger partial charge in [0.25, 0.3) is 0 Å². The van der Waals surface area contributed by atoms with Gasteiger partial charge in [-0.2, -0.15) is 13.2 Å². The number of rotatable bonds is 2. The lowest BCUT2D eigenvalue weighted by Crippen LogP contribution is -2.22. The van der Waals surface area contributed by atoms with Crippen molar-refractivity contribution in [2.75, 3.05) is 0 Å². The van der Waals surface area contributed by atoms with E-state index in [9.17, 15) is 13.2 Å². The molecule has 0 aromatic rings. The van der Waals surface area contributed by atoms with E-state index in [0.29, 0.717) is 18.1 Å². The fourth-order valence-electron chi connectivity index (χ4n) is 1.77. The average Bonchev–Trinajstić information content (AvgIpc) is 2.13. The number of halogens is 3. The Kier molecular flexibility index (Phi) is 4.21. The first kappa shape index (κ1) is 13.7. The summed E-state index contributed by atoms with van der Waals surface area (Å²) in [6.45, 7) is 6.46. The molecule has 0 fully saturated rings. The van der Waals surface area contributed by atoms with E-state index in [4.69, 9.17) is 0 Å². The summed E-state index contributed by atoms with van der Waals surface area (Å²) >= 11 is -0.419. The van der Waals surface area contributed by atoms with Crippen molar-refractivity contribution >= 4 is 12.0 Å². The molecule has 1 aliphatic rings. The van der Waals surface area contributed by atoms with Crippen molar-refractivity contribution in [2.45, 2.75) is 45.5 Å². The van der Waals surface area contributed by atoms with Crippen molar-refractivity contribution in [2.24, 2.45) is 11.3 Å². The molecule has 1 nitrogen and oxygen atoms in total. The van der Waals surface area contributed by atoms with Gasteiger partial charge in [-0.1, -0.05) is 20.8 Å². The molecule has 0 heterocycles. The van der Waals surface area contributed by atoms with Gasteiger partial charge >= 0.3 is 5.51 Å². The van der Waals surface area contributed by atoms with Crippen molar-refractivity contribution in [1.82, 2.24) is 0 Å². The van der Waals surface area contributed by atoms with Gasteiger partial charge in [-0.05, 0) is 30.3 Å². The highest BCUT2D eigenvalue weighted by atomic mass is 32.2. The van der Waals surface area contributed by atoms with Crippen LogP contribution in [0.5, 0.6) is 0 Å². The van der Waals surface area contributed by atoms with Crippen molar-refractivity contribution in [3.63, 3.8) is 0 Å². The van der Waals surface area contributed by atoms with Crippen LogP contribution in [0.4, 0.5) is 13.2 Å². The van der Waals surface area contributed by atoms with Gasteiger partial charge in [0.15, 0.2) is 12.0 Å². The topological polar surface area (TPSA) is 9.23 Å². The van der Waals surface area contributed by atoms with Gasteiger partial charge in [-0.15, -0.1) is 0 Å². The van der Waals surface area contributed by atoms with Gasteiger partial charge in [0.2, 0.25) is 0 Å². The van der Waals surface area contributed by atoms with Crippen LogP contribution < -0.4 is 0 Å². The Morgan fingerprint density at radius 2 is 1.94 bits per heavy atom. The second-order valence-corrected chi connectivity index (χ2v) is 5.92. The van der Waals surface area contributed by atoms with Crippen molar-refractivity contribution in [1.29, 1.82) is 0 Å². The van der Waals surface area contributed by atoms with Crippen LogP contribution in [0, 0.1) is 11.3 Å². The molecule has 0 N–H and O–H groups in total. The fourth-order valence-corrected chi connectivity index (χ4v) is 2.13. The normalized spacial score (nSPS) is 22.9. The Morgan fingerprint density at radius 3 is 2.31 bits per heavy atom. The molecule has 1 atom stereocenters. The minimum Gasteiger partial charge on any atom is -0.422 e. The summed E-state index contributed by atoms with van der Waals surface area (Å²) in [5.74, 6) is 0.985. The number of alkyl halides is 3. The quantitative estimate of drug-likeness (QED) is 0.648. The Balaban J connectivity index is 2.42. The van der Waals surface area contributed by atoms with E-state index in [0.717, 1.165) is 12.8 Å². The lowest BCUT2D eigenvalue weighted by Gasteiger charge is -2.32. The van der Waals surface area contributed by atoms with Crippen LogP contribution in [0.3, 0.4) is 0 Å². The molecule has 0 aliphatic heterocycles. The highest BCUT2D eigenvalue weighted by molar-refractivity contribution is 7.95. The summed E-state index contributed by atoms with van der Waals surface area (Å²) in [6.07, 6.45) is 4.09. The zero-order valence-electron chi connectivity index (χ0n) is 9.73. The minimum absolute atomic E-state index is 0.208. The van der Waals surface area contributed by atoms with E-state index in [1.807, 2.05) is 0 Å². The summed E-state index contributed by atoms with van der Waals surface area (Å²) in [4.78, 5) is 0. The molecular formula is C11H17F3OS. The average molecular weight is 254 g/mol. The summed E-state index contributed by atoms with van der Waals surface area (Å²) < 4.78 is 40.3. The highest BCUT2D eigenvalue weighted by Gasteiger charge is 2.33. The third-order valence-corrected chi connectivity index (χ3v) is 3.32. The maximum absolute atomic E-state index is 11.9. The van der Waals surface area contributed by atoms with Crippen LogP contribution in [0.2, 0.25) is 0 Å². The summed E-state index contributed by atoms with van der Waals surface area (Å²) in [7, 11) is 0. The molecule has 0 radical (unpaired) electrons. The molecular weight excluding hydrogens is 237 g/mol. The molecule has 0 amide bonds. The molecule has 1 aliphatic carbocycles. The van der Waals surface area contributed by atoms with Gasteiger partial charge in [-0.25, -0.2) is 0 Å². The number of hydrogen-bond donors (Lipinski definition) is 0. The molecule has 94 valence electrons. The molecule has 0 spiro atoms. The number of allylic oxidation sites excluding steroid dienone is 2. The minimum atomic E-state index is -4.32. The van der Waals surface area contributed by atoms with Gasteiger partial charge < -0.3 is 4.18 Å². The van der Waals surface area contributed by atoms with Crippen molar-refractivity contribution in [3.8, 4) is 0 Å². The molecule has 0 aromatic heterocycles. The maximum Gasteiger partial charge on any atom is 0.479 e.